The summed E-state index contributed by atoms with van der Waals surface area (Å²) < 4.78 is 5.36. The normalized spacial score (nSPS) is 13.9. The number of hydrogen-bond donors (Lipinski definition) is 1. The number of likely N-dealkylation sites (N-methyl/N-ethyl adjacent to an activating group) is 1. The van der Waals surface area contributed by atoms with Crippen molar-refractivity contribution in [1.29, 1.82) is 0 Å². The molecule has 0 radical (unpaired) electrons. The number of nitrogens with zero attached hydrogens (tertiary/aromatic N) is 2. The maximum atomic E-state index is 12.4. The molecule has 0 aliphatic carbocycles. The first-order chi connectivity index (χ1) is 13.0. The Balaban J connectivity index is 1.53. The lowest BCUT2D eigenvalue weighted by Crippen LogP contribution is -2.36. The van der Waals surface area contributed by atoms with E-state index in [0.717, 1.165) is 37.6 Å². The topological polar surface area (TPSA) is 61.9 Å². The summed E-state index contributed by atoms with van der Waals surface area (Å²) in [5.74, 6) is -0.398. The first-order valence-corrected chi connectivity index (χ1v) is 9.07. The lowest BCUT2D eigenvalue weighted by atomic mass is 10.1. The number of hydrogen-bond acceptors (Lipinski definition) is 4. The van der Waals surface area contributed by atoms with Crippen LogP contribution < -0.4 is 10.2 Å². The number of anilines is 2. The van der Waals surface area contributed by atoms with Crippen LogP contribution in [-0.2, 0) is 9.53 Å². The summed E-state index contributed by atoms with van der Waals surface area (Å²) >= 11 is 0. The van der Waals surface area contributed by atoms with Gasteiger partial charge in [-0.3, -0.25) is 9.59 Å². The second kappa shape index (κ2) is 8.68. The van der Waals surface area contributed by atoms with Crippen LogP contribution >= 0.6 is 0 Å². The summed E-state index contributed by atoms with van der Waals surface area (Å²) in [5, 5.41) is 2.84. The molecular formula is C21H25N3O3. The smallest absolute Gasteiger partial charge is 0.254 e. The molecule has 0 spiro atoms. The van der Waals surface area contributed by atoms with Gasteiger partial charge in [0, 0.05) is 37.1 Å². The molecule has 0 aromatic heterocycles. The molecule has 6 nitrogen and oxygen atoms in total. The van der Waals surface area contributed by atoms with E-state index < -0.39 is 0 Å². The fourth-order valence-corrected chi connectivity index (χ4v) is 2.98. The van der Waals surface area contributed by atoms with Gasteiger partial charge in [-0.25, -0.2) is 0 Å². The first kappa shape index (κ1) is 18.9. The van der Waals surface area contributed by atoms with E-state index in [1.54, 1.807) is 19.2 Å². The van der Waals surface area contributed by atoms with E-state index in [1.165, 1.54) is 4.90 Å². The Bertz CT molecular complexity index is 781. The highest BCUT2D eigenvalue weighted by atomic mass is 16.5. The molecule has 1 heterocycles. The van der Waals surface area contributed by atoms with Crippen LogP contribution in [0, 0.1) is 6.92 Å². The van der Waals surface area contributed by atoms with Crippen LogP contribution in [0.5, 0.6) is 0 Å². The Hall–Kier alpha value is -2.86. The lowest BCUT2D eigenvalue weighted by Gasteiger charge is -2.28. The van der Waals surface area contributed by atoms with Crippen LogP contribution in [-0.4, -0.2) is 56.6 Å². The zero-order valence-corrected chi connectivity index (χ0v) is 15.8. The average Bonchev–Trinajstić information content (AvgIpc) is 2.69. The molecular weight excluding hydrogens is 342 g/mol. The standard InChI is InChI=1S/C21H25N3O3/c1-16-3-5-17(6-4-16)21(26)23(2)15-20(25)22-18-7-9-19(10-8-18)24-11-13-27-14-12-24/h3-10H,11-15H2,1-2H3,(H,22,25). The van der Waals surface area contributed by atoms with Crippen LogP contribution in [0.25, 0.3) is 0 Å². The molecule has 1 fully saturated rings. The largest absolute Gasteiger partial charge is 0.378 e. The van der Waals surface area contributed by atoms with Crippen molar-refractivity contribution in [2.75, 3.05) is 50.1 Å². The van der Waals surface area contributed by atoms with E-state index >= 15 is 0 Å². The van der Waals surface area contributed by atoms with Crippen molar-refractivity contribution < 1.29 is 14.3 Å². The minimum atomic E-state index is -0.225. The molecule has 0 saturated carbocycles. The molecule has 3 rings (SSSR count). The van der Waals surface area contributed by atoms with Crippen LogP contribution in [0.2, 0.25) is 0 Å². The lowest BCUT2D eigenvalue weighted by molar-refractivity contribution is -0.116. The molecule has 0 unspecified atom stereocenters. The Morgan fingerprint density at radius 3 is 2.30 bits per heavy atom. The predicted octanol–water partition coefficient (Wildman–Crippen LogP) is 2.54. The summed E-state index contributed by atoms with van der Waals surface area (Å²) in [6, 6.07) is 15.1. The van der Waals surface area contributed by atoms with Gasteiger partial charge in [0.2, 0.25) is 5.91 Å². The third kappa shape index (κ3) is 5.08. The van der Waals surface area contributed by atoms with E-state index in [0.29, 0.717) is 11.3 Å². The number of benzene rings is 2. The van der Waals surface area contributed by atoms with Gasteiger partial charge >= 0.3 is 0 Å². The molecule has 142 valence electrons. The zero-order valence-electron chi connectivity index (χ0n) is 15.8. The third-order valence-electron chi connectivity index (χ3n) is 4.55. The van der Waals surface area contributed by atoms with Crippen molar-refractivity contribution in [3.8, 4) is 0 Å². The third-order valence-corrected chi connectivity index (χ3v) is 4.55. The van der Waals surface area contributed by atoms with Crippen LogP contribution in [0.1, 0.15) is 15.9 Å². The van der Waals surface area contributed by atoms with E-state index in [9.17, 15) is 9.59 Å². The number of rotatable bonds is 5. The van der Waals surface area contributed by atoms with Crippen LogP contribution in [0.3, 0.4) is 0 Å². The summed E-state index contributed by atoms with van der Waals surface area (Å²) in [6.07, 6.45) is 0. The fourth-order valence-electron chi connectivity index (χ4n) is 2.98. The summed E-state index contributed by atoms with van der Waals surface area (Å²) in [7, 11) is 1.63. The molecule has 2 amide bonds. The Kier molecular flexibility index (Phi) is 6.08. The summed E-state index contributed by atoms with van der Waals surface area (Å²) in [6.45, 7) is 5.18. The molecule has 0 atom stereocenters. The molecule has 1 N–H and O–H groups in total. The predicted molar refractivity (Wildman–Crippen MR) is 106 cm³/mol. The number of ether oxygens (including phenoxy) is 1. The number of morpholine rings is 1. The maximum absolute atomic E-state index is 12.4. The number of nitrogens with one attached hydrogen (secondary N) is 1. The Morgan fingerprint density at radius 1 is 1.04 bits per heavy atom. The molecule has 1 aliphatic rings. The molecule has 0 bridgehead atoms. The average molecular weight is 367 g/mol. The second-order valence-corrected chi connectivity index (χ2v) is 6.72. The second-order valence-electron chi connectivity index (χ2n) is 6.72. The molecule has 2 aromatic rings. The fraction of sp³-hybridized carbons (Fsp3) is 0.333. The molecule has 1 saturated heterocycles. The van der Waals surface area contributed by atoms with Crippen molar-refractivity contribution >= 4 is 23.2 Å². The van der Waals surface area contributed by atoms with Gasteiger partial charge in [0.25, 0.3) is 5.91 Å². The Morgan fingerprint density at radius 2 is 1.67 bits per heavy atom. The first-order valence-electron chi connectivity index (χ1n) is 9.07. The minimum Gasteiger partial charge on any atom is -0.378 e. The van der Waals surface area contributed by atoms with Crippen molar-refractivity contribution in [3.05, 3.63) is 59.7 Å². The maximum Gasteiger partial charge on any atom is 0.254 e. The SMILES string of the molecule is Cc1ccc(C(=O)N(C)CC(=O)Nc2ccc(N3CCOCC3)cc2)cc1. The van der Waals surface area contributed by atoms with E-state index in [2.05, 4.69) is 10.2 Å². The van der Waals surface area contributed by atoms with Crippen molar-refractivity contribution in [2.45, 2.75) is 6.92 Å². The van der Waals surface area contributed by atoms with Gasteiger partial charge in [-0.1, -0.05) is 17.7 Å². The van der Waals surface area contributed by atoms with Crippen LogP contribution in [0.4, 0.5) is 11.4 Å². The highest BCUT2D eigenvalue weighted by Gasteiger charge is 2.15. The van der Waals surface area contributed by atoms with E-state index in [4.69, 9.17) is 4.74 Å². The monoisotopic (exact) mass is 367 g/mol. The van der Waals surface area contributed by atoms with Crippen LogP contribution in [0.15, 0.2) is 48.5 Å². The van der Waals surface area contributed by atoms with E-state index in [-0.39, 0.29) is 18.4 Å². The van der Waals surface area contributed by atoms with E-state index in [1.807, 2.05) is 43.3 Å². The minimum absolute atomic E-state index is 0.00206. The molecule has 1 aliphatic heterocycles. The Labute approximate surface area is 159 Å². The van der Waals surface area contributed by atoms with Crippen molar-refractivity contribution in [3.63, 3.8) is 0 Å². The number of aryl methyl sites for hydroxylation is 1. The van der Waals surface area contributed by atoms with Gasteiger partial charge < -0.3 is 19.9 Å². The van der Waals surface area contributed by atoms with Gasteiger partial charge in [0.1, 0.15) is 0 Å². The van der Waals surface area contributed by atoms with Crippen molar-refractivity contribution in [1.82, 2.24) is 4.90 Å². The van der Waals surface area contributed by atoms with Gasteiger partial charge in [0.05, 0.1) is 19.8 Å². The number of amides is 2. The molecule has 27 heavy (non-hydrogen) atoms. The quantitative estimate of drug-likeness (QED) is 0.882. The van der Waals surface area contributed by atoms with Gasteiger partial charge in [-0.2, -0.15) is 0 Å². The van der Waals surface area contributed by atoms with Gasteiger partial charge in [-0.15, -0.1) is 0 Å². The molecule has 2 aromatic carbocycles. The number of carbonyl (C=O) groups is 2. The van der Waals surface area contributed by atoms with Gasteiger partial charge in [-0.05, 0) is 43.3 Å². The molecule has 6 heteroatoms. The number of carbonyl (C=O) groups excluding carboxylic acids is 2. The zero-order chi connectivity index (χ0) is 19.2. The van der Waals surface area contributed by atoms with Gasteiger partial charge in [0.15, 0.2) is 0 Å². The highest BCUT2D eigenvalue weighted by Crippen LogP contribution is 2.19. The van der Waals surface area contributed by atoms with Crippen molar-refractivity contribution in [2.24, 2.45) is 0 Å². The summed E-state index contributed by atoms with van der Waals surface area (Å²) in [4.78, 5) is 28.3. The summed E-state index contributed by atoms with van der Waals surface area (Å²) in [5.41, 5.74) is 3.49. The highest BCUT2D eigenvalue weighted by molar-refractivity contribution is 5.99.